The topological polar surface area (TPSA) is 41.1 Å². The van der Waals surface area contributed by atoms with Crippen LogP contribution in [0, 0.1) is 5.92 Å². The summed E-state index contributed by atoms with van der Waals surface area (Å²) in [6, 6.07) is 18.9. The van der Waals surface area contributed by atoms with Crippen molar-refractivity contribution in [2.75, 3.05) is 0 Å². The SMILES string of the molecule is O=C(N[C@H]1CCc2ccccc21)N[C@H](c1ccccc1)C1CC1. The van der Waals surface area contributed by atoms with Crippen LogP contribution in [-0.2, 0) is 6.42 Å². The van der Waals surface area contributed by atoms with Crippen molar-refractivity contribution < 1.29 is 4.79 Å². The van der Waals surface area contributed by atoms with Gasteiger partial charge >= 0.3 is 6.03 Å². The lowest BCUT2D eigenvalue weighted by Crippen LogP contribution is -2.40. The lowest BCUT2D eigenvalue weighted by atomic mass is 10.0. The van der Waals surface area contributed by atoms with E-state index in [1.54, 1.807) is 0 Å². The van der Waals surface area contributed by atoms with Gasteiger partial charge in [0.25, 0.3) is 0 Å². The Morgan fingerprint density at radius 1 is 0.957 bits per heavy atom. The summed E-state index contributed by atoms with van der Waals surface area (Å²) in [4.78, 5) is 12.5. The summed E-state index contributed by atoms with van der Waals surface area (Å²) in [6.45, 7) is 0. The molecule has 0 spiro atoms. The van der Waals surface area contributed by atoms with Gasteiger partial charge in [0.2, 0.25) is 0 Å². The molecule has 2 atom stereocenters. The monoisotopic (exact) mass is 306 g/mol. The molecule has 2 aliphatic rings. The highest BCUT2D eigenvalue weighted by Gasteiger charge is 2.34. The molecule has 2 aromatic rings. The van der Waals surface area contributed by atoms with Crippen molar-refractivity contribution >= 4 is 6.03 Å². The largest absolute Gasteiger partial charge is 0.331 e. The first-order valence-corrected chi connectivity index (χ1v) is 8.51. The second-order valence-corrected chi connectivity index (χ2v) is 6.63. The maximum atomic E-state index is 12.5. The molecule has 0 aliphatic heterocycles. The average molecular weight is 306 g/mol. The molecule has 2 aromatic carbocycles. The molecule has 1 saturated carbocycles. The van der Waals surface area contributed by atoms with Crippen molar-refractivity contribution in [3.63, 3.8) is 0 Å². The first-order chi connectivity index (χ1) is 11.3. The predicted molar refractivity (Wildman–Crippen MR) is 91.1 cm³/mol. The summed E-state index contributed by atoms with van der Waals surface area (Å²) in [7, 11) is 0. The molecule has 2 amide bonds. The lowest BCUT2D eigenvalue weighted by molar-refractivity contribution is 0.231. The van der Waals surface area contributed by atoms with E-state index in [0.29, 0.717) is 5.92 Å². The highest BCUT2D eigenvalue weighted by Crippen LogP contribution is 2.41. The van der Waals surface area contributed by atoms with Crippen LogP contribution in [0.4, 0.5) is 4.79 Å². The molecular weight excluding hydrogens is 284 g/mol. The van der Waals surface area contributed by atoms with Crippen LogP contribution in [0.25, 0.3) is 0 Å². The Labute approximate surface area is 137 Å². The number of carbonyl (C=O) groups is 1. The van der Waals surface area contributed by atoms with E-state index in [-0.39, 0.29) is 18.1 Å². The summed E-state index contributed by atoms with van der Waals surface area (Å²) in [5.74, 6) is 0.582. The Bertz CT molecular complexity index is 694. The van der Waals surface area contributed by atoms with Crippen molar-refractivity contribution in [3.8, 4) is 0 Å². The van der Waals surface area contributed by atoms with Gasteiger partial charge in [-0.1, -0.05) is 54.6 Å². The molecule has 0 aromatic heterocycles. The third kappa shape index (κ3) is 3.09. The number of amides is 2. The first kappa shape index (κ1) is 14.3. The zero-order chi connectivity index (χ0) is 15.6. The maximum Gasteiger partial charge on any atom is 0.315 e. The fourth-order valence-corrected chi connectivity index (χ4v) is 3.61. The van der Waals surface area contributed by atoms with E-state index in [1.165, 1.54) is 29.5 Å². The molecule has 0 bridgehead atoms. The first-order valence-electron chi connectivity index (χ1n) is 8.51. The van der Waals surface area contributed by atoms with Crippen molar-refractivity contribution in [2.45, 2.75) is 37.8 Å². The number of carbonyl (C=O) groups excluding carboxylic acids is 1. The maximum absolute atomic E-state index is 12.5. The van der Waals surface area contributed by atoms with Gasteiger partial charge in [-0.2, -0.15) is 0 Å². The summed E-state index contributed by atoms with van der Waals surface area (Å²) in [6.07, 6.45) is 4.44. The Balaban J connectivity index is 1.43. The van der Waals surface area contributed by atoms with E-state index < -0.39 is 0 Å². The number of fused-ring (bicyclic) bond motifs is 1. The van der Waals surface area contributed by atoms with Crippen LogP contribution < -0.4 is 10.6 Å². The molecule has 2 N–H and O–H groups in total. The standard InChI is InChI=1S/C20H22N2O/c23-20(21-18-13-12-14-6-4-5-9-17(14)18)22-19(16-10-11-16)15-7-2-1-3-8-15/h1-9,16,18-19H,10-13H2,(H2,21,22,23)/t18-,19+/m0/s1. The minimum absolute atomic E-state index is 0.0487. The molecule has 3 heteroatoms. The lowest BCUT2D eigenvalue weighted by Gasteiger charge is -2.21. The third-order valence-corrected chi connectivity index (χ3v) is 4.98. The second-order valence-electron chi connectivity index (χ2n) is 6.63. The Morgan fingerprint density at radius 2 is 1.70 bits per heavy atom. The minimum atomic E-state index is -0.0487. The smallest absolute Gasteiger partial charge is 0.315 e. The van der Waals surface area contributed by atoms with E-state index in [4.69, 9.17) is 0 Å². The summed E-state index contributed by atoms with van der Waals surface area (Å²) in [5.41, 5.74) is 3.84. The summed E-state index contributed by atoms with van der Waals surface area (Å²) >= 11 is 0. The van der Waals surface area contributed by atoms with Crippen LogP contribution in [0.5, 0.6) is 0 Å². The van der Waals surface area contributed by atoms with Crippen molar-refractivity contribution in [3.05, 3.63) is 71.3 Å². The van der Waals surface area contributed by atoms with Gasteiger partial charge in [-0.3, -0.25) is 0 Å². The molecule has 0 heterocycles. The molecule has 0 saturated heterocycles. The molecule has 0 radical (unpaired) electrons. The van der Waals surface area contributed by atoms with E-state index in [0.717, 1.165) is 12.8 Å². The van der Waals surface area contributed by atoms with Crippen LogP contribution in [0.15, 0.2) is 54.6 Å². The van der Waals surface area contributed by atoms with Gasteiger partial charge in [-0.15, -0.1) is 0 Å². The fourth-order valence-electron chi connectivity index (χ4n) is 3.61. The van der Waals surface area contributed by atoms with Gasteiger partial charge in [0.05, 0.1) is 12.1 Å². The molecule has 0 unspecified atom stereocenters. The molecular formula is C20H22N2O. The Morgan fingerprint density at radius 3 is 2.48 bits per heavy atom. The van der Waals surface area contributed by atoms with Gasteiger partial charge < -0.3 is 10.6 Å². The molecule has 2 aliphatic carbocycles. The molecule has 23 heavy (non-hydrogen) atoms. The van der Waals surface area contributed by atoms with Crippen LogP contribution >= 0.6 is 0 Å². The van der Waals surface area contributed by atoms with Gasteiger partial charge in [0, 0.05) is 0 Å². The Hall–Kier alpha value is -2.29. The molecule has 118 valence electrons. The van der Waals surface area contributed by atoms with Crippen molar-refractivity contribution in [1.29, 1.82) is 0 Å². The summed E-state index contributed by atoms with van der Waals surface area (Å²) < 4.78 is 0. The quantitative estimate of drug-likeness (QED) is 0.876. The zero-order valence-corrected chi connectivity index (χ0v) is 13.2. The zero-order valence-electron chi connectivity index (χ0n) is 13.2. The number of hydrogen-bond donors (Lipinski definition) is 2. The second kappa shape index (κ2) is 6.07. The van der Waals surface area contributed by atoms with E-state index >= 15 is 0 Å². The van der Waals surface area contributed by atoms with Crippen LogP contribution in [-0.4, -0.2) is 6.03 Å². The minimum Gasteiger partial charge on any atom is -0.331 e. The number of urea groups is 1. The van der Waals surface area contributed by atoms with Crippen LogP contribution in [0.1, 0.15) is 48.0 Å². The third-order valence-electron chi connectivity index (χ3n) is 4.98. The van der Waals surface area contributed by atoms with Crippen LogP contribution in [0.2, 0.25) is 0 Å². The highest BCUT2D eigenvalue weighted by atomic mass is 16.2. The normalized spacial score (nSPS) is 20.6. The van der Waals surface area contributed by atoms with E-state index in [1.807, 2.05) is 24.3 Å². The van der Waals surface area contributed by atoms with E-state index in [2.05, 4.69) is 41.0 Å². The molecule has 1 fully saturated rings. The predicted octanol–water partition coefficient (Wildman–Crippen LogP) is 4.12. The molecule has 4 rings (SSSR count). The average Bonchev–Trinajstić information content (AvgIpc) is 3.36. The number of benzene rings is 2. The summed E-state index contributed by atoms with van der Waals surface area (Å²) in [5, 5.41) is 6.37. The van der Waals surface area contributed by atoms with Crippen LogP contribution in [0.3, 0.4) is 0 Å². The van der Waals surface area contributed by atoms with E-state index in [9.17, 15) is 4.79 Å². The van der Waals surface area contributed by atoms with Gasteiger partial charge in [0.15, 0.2) is 0 Å². The van der Waals surface area contributed by atoms with Gasteiger partial charge in [-0.05, 0) is 48.3 Å². The fraction of sp³-hybridized carbons (Fsp3) is 0.350. The highest BCUT2D eigenvalue weighted by molar-refractivity contribution is 5.75. The number of nitrogens with one attached hydrogen (secondary N) is 2. The van der Waals surface area contributed by atoms with Gasteiger partial charge in [0.1, 0.15) is 0 Å². The van der Waals surface area contributed by atoms with Crippen molar-refractivity contribution in [1.82, 2.24) is 10.6 Å². The number of aryl methyl sites for hydroxylation is 1. The number of rotatable bonds is 4. The Kier molecular flexibility index (Phi) is 3.78. The number of hydrogen-bond acceptors (Lipinski definition) is 1. The van der Waals surface area contributed by atoms with Crippen molar-refractivity contribution in [2.24, 2.45) is 5.92 Å². The van der Waals surface area contributed by atoms with Gasteiger partial charge in [-0.25, -0.2) is 4.79 Å². The molecule has 3 nitrogen and oxygen atoms in total.